The number of carbonyl (C=O) groups is 1. The van der Waals surface area contributed by atoms with Crippen LogP contribution in [0.1, 0.15) is 40.5 Å². The Morgan fingerprint density at radius 3 is 2.22 bits per heavy atom. The van der Waals surface area contributed by atoms with Crippen molar-refractivity contribution < 1.29 is 28.1 Å². The van der Waals surface area contributed by atoms with Gasteiger partial charge >= 0.3 is 5.97 Å². The second-order valence-electron chi connectivity index (χ2n) is 8.82. The molecule has 2 heterocycles. The van der Waals surface area contributed by atoms with Crippen molar-refractivity contribution in [3.8, 4) is 0 Å². The Hall–Kier alpha value is -0.655. The SMILES string of the molecule is CCC1(C[B]CC(C)(COCC2(CC)COC2)C(=O)OCC(C)F)COC1. The third-order valence-corrected chi connectivity index (χ3v) is 6.07. The van der Waals surface area contributed by atoms with Crippen molar-refractivity contribution in [2.75, 3.05) is 46.2 Å². The lowest BCUT2D eigenvalue weighted by Gasteiger charge is -2.42. The van der Waals surface area contributed by atoms with E-state index >= 15 is 0 Å². The van der Waals surface area contributed by atoms with Crippen LogP contribution in [0.15, 0.2) is 0 Å². The molecule has 1 radical (unpaired) electrons. The van der Waals surface area contributed by atoms with Crippen molar-refractivity contribution in [3.63, 3.8) is 0 Å². The molecule has 0 N–H and O–H groups in total. The van der Waals surface area contributed by atoms with E-state index in [0.29, 0.717) is 26.1 Å². The summed E-state index contributed by atoms with van der Waals surface area (Å²) in [6.07, 6.45) is 2.31. The number of carbonyl (C=O) groups excluding carboxylic acids is 1. The Morgan fingerprint density at radius 2 is 1.78 bits per heavy atom. The fourth-order valence-electron chi connectivity index (χ4n) is 3.39. The number of ether oxygens (including phenoxy) is 4. The van der Waals surface area contributed by atoms with Crippen LogP contribution < -0.4 is 0 Å². The third-order valence-electron chi connectivity index (χ3n) is 6.07. The molecule has 2 fully saturated rings. The van der Waals surface area contributed by atoms with Crippen molar-refractivity contribution in [3.05, 3.63) is 0 Å². The standard InChI is InChI=1S/C20H35BFO5/c1-5-19(11-25-12-19)9-21-8-18(4,17(23)27-7-16(3)22)10-24-13-20(6-2)14-26-15-20/h16H,5-15H2,1-4H3. The second kappa shape index (κ2) is 9.70. The van der Waals surface area contributed by atoms with Crippen LogP contribution in [0.25, 0.3) is 0 Å². The molecule has 2 aliphatic rings. The Balaban J connectivity index is 1.89. The van der Waals surface area contributed by atoms with Gasteiger partial charge in [-0.3, -0.25) is 4.79 Å². The molecule has 0 amide bonds. The minimum absolute atomic E-state index is 0.0670. The predicted octanol–water partition coefficient (Wildman–Crippen LogP) is 3.30. The van der Waals surface area contributed by atoms with Gasteiger partial charge in [0.15, 0.2) is 0 Å². The van der Waals surface area contributed by atoms with Crippen LogP contribution in [-0.2, 0) is 23.7 Å². The van der Waals surface area contributed by atoms with Crippen LogP contribution in [0.4, 0.5) is 4.39 Å². The van der Waals surface area contributed by atoms with Crippen LogP contribution in [0.5, 0.6) is 0 Å². The number of rotatable bonds is 13. The molecule has 2 rings (SSSR count). The Morgan fingerprint density at radius 1 is 1.19 bits per heavy atom. The molecule has 2 atom stereocenters. The lowest BCUT2D eigenvalue weighted by atomic mass is 9.54. The maximum Gasteiger partial charge on any atom is 0.313 e. The molecule has 0 aromatic rings. The van der Waals surface area contributed by atoms with Gasteiger partial charge in [0, 0.05) is 10.8 Å². The van der Waals surface area contributed by atoms with E-state index in [1.807, 2.05) is 6.92 Å². The van der Waals surface area contributed by atoms with E-state index < -0.39 is 17.6 Å². The van der Waals surface area contributed by atoms with E-state index in [9.17, 15) is 9.18 Å². The first-order valence-corrected chi connectivity index (χ1v) is 10.1. The molecule has 0 bridgehead atoms. The van der Waals surface area contributed by atoms with Crippen molar-refractivity contribution in [2.45, 2.75) is 59.3 Å². The highest BCUT2D eigenvalue weighted by molar-refractivity contribution is 6.36. The molecule has 2 aliphatic heterocycles. The number of esters is 1. The van der Waals surface area contributed by atoms with E-state index in [4.69, 9.17) is 18.9 Å². The zero-order valence-electron chi connectivity index (χ0n) is 17.4. The van der Waals surface area contributed by atoms with Gasteiger partial charge in [-0.2, -0.15) is 0 Å². The molecule has 7 heteroatoms. The molecule has 0 spiro atoms. The van der Waals surface area contributed by atoms with E-state index in [0.717, 1.165) is 32.4 Å². The van der Waals surface area contributed by atoms with Gasteiger partial charge in [-0.15, -0.1) is 0 Å². The minimum atomic E-state index is -1.17. The van der Waals surface area contributed by atoms with Gasteiger partial charge in [-0.1, -0.05) is 26.5 Å². The number of halogens is 1. The molecule has 2 unspecified atom stereocenters. The number of hydrogen-bond donors (Lipinski definition) is 0. The van der Waals surface area contributed by atoms with Crippen molar-refractivity contribution in [1.82, 2.24) is 0 Å². The first kappa shape index (κ1) is 22.6. The van der Waals surface area contributed by atoms with Crippen LogP contribution >= 0.6 is 0 Å². The maximum absolute atomic E-state index is 13.1. The average Bonchev–Trinajstić information content (AvgIpc) is 2.57. The molecule has 155 valence electrons. The topological polar surface area (TPSA) is 54.0 Å². The van der Waals surface area contributed by atoms with E-state index in [1.165, 1.54) is 6.92 Å². The summed E-state index contributed by atoms with van der Waals surface area (Å²) >= 11 is 0. The summed E-state index contributed by atoms with van der Waals surface area (Å²) in [7, 11) is 2.15. The molecule has 5 nitrogen and oxygen atoms in total. The van der Waals surface area contributed by atoms with Crippen LogP contribution in [-0.4, -0.2) is 65.7 Å². The highest BCUT2D eigenvalue weighted by atomic mass is 19.1. The molecule has 2 saturated heterocycles. The smallest absolute Gasteiger partial charge is 0.313 e. The van der Waals surface area contributed by atoms with Gasteiger partial charge < -0.3 is 18.9 Å². The highest BCUT2D eigenvalue weighted by Gasteiger charge is 2.41. The lowest BCUT2D eigenvalue weighted by Crippen LogP contribution is -2.47. The van der Waals surface area contributed by atoms with Crippen molar-refractivity contribution >= 4 is 13.2 Å². The summed E-state index contributed by atoms with van der Waals surface area (Å²) in [5.74, 6) is -0.394. The van der Waals surface area contributed by atoms with Crippen molar-refractivity contribution in [2.24, 2.45) is 16.2 Å². The van der Waals surface area contributed by atoms with E-state index in [2.05, 4.69) is 21.1 Å². The first-order chi connectivity index (χ1) is 12.8. The van der Waals surface area contributed by atoms with Gasteiger partial charge in [0.2, 0.25) is 0 Å². The summed E-state index contributed by atoms with van der Waals surface area (Å²) in [6.45, 7) is 11.1. The van der Waals surface area contributed by atoms with E-state index in [-0.39, 0.29) is 24.0 Å². The van der Waals surface area contributed by atoms with Crippen LogP contribution in [0.3, 0.4) is 0 Å². The van der Waals surface area contributed by atoms with Crippen LogP contribution in [0.2, 0.25) is 12.6 Å². The number of hydrogen-bond acceptors (Lipinski definition) is 5. The van der Waals surface area contributed by atoms with Gasteiger partial charge in [-0.05, 0) is 26.7 Å². The van der Waals surface area contributed by atoms with Crippen LogP contribution in [0, 0.1) is 16.2 Å². The summed E-state index contributed by atoms with van der Waals surface area (Å²) in [4.78, 5) is 12.6. The highest BCUT2D eigenvalue weighted by Crippen LogP contribution is 2.37. The second-order valence-corrected chi connectivity index (χ2v) is 8.82. The molecule has 0 saturated carbocycles. The largest absolute Gasteiger partial charge is 0.462 e. The van der Waals surface area contributed by atoms with Crippen molar-refractivity contribution in [1.29, 1.82) is 0 Å². The van der Waals surface area contributed by atoms with Gasteiger partial charge in [0.25, 0.3) is 0 Å². The fraction of sp³-hybridized carbons (Fsp3) is 0.950. The minimum Gasteiger partial charge on any atom is -0.462 e. The molecule has 0 aliphatic carbocycles. The summed E-state index contributed by atoms with van der Waals surface area (Å²) in [5.41, 5.74) is -0.542. The molecule has 0 aromatic heterocycles. The maximum atomic E-state index is 13.1. The first-order valence-electron chi connectivity index (χ1n) is 10.1. The summed E-state index contributed by atoms with van der Waals surface area (Å²) < 4.78 is 35.0. The third kappa shape index (κ3) is 5.91. The average molecular weight is 385 g/mol. The zero-order valence-corrected chi connectivity index (χ0v) is 17.4. The zero-order chi connectivity index (χ0) is 20.0. The molecule has 27 heavy (non-hydrogen) atoms. The summed E-state index contributed by atoms with van der Waals surface area (Å²) in [5, 5.41) is 0. The Kier molecular flexibility index (Phi) is 8.13. The van der Waals surface area contributed by atoms with Gasteiger partial charge in [0.1, 0.15) is 20.1 Å². The van der Waals surface area contributed by atoms with Gasteiger partial charge in [-0.25, -0.2) is 4.39 Å². The molecular formula is C20H35BFO5. The monoisotopic (exact) mass is 385 g/mol. The van der Waals surface area contributed by atoms with E-state index in [1.54, 1.807) is 0 Å². The summed E-state index contributed by atoms with van der Waals surface area (Å²) in [6, 6.07) is 0. The predicted molar refractivity (Wildman–Crippen MR) is 103 cm³/mol. The Labute approximate surface area is 163 Å². The fourth-order valence-corrected chi connectivity index (χ4v) is 3.39. The number of alkyl halides is 1. The lowest BCUT2D eigenvalue weighted by molar-refractivity contribution is -0.170. The Bertz CT molecular complexity index is 438. The normalized spacial score (nSPS) is 23.4. The van der Waals surface area contributed by atoms with Gasteiger partial charge in [0.05, 0.1) is 45.1 Å². The molecular weight excluding hydrogens is 350 g/mol. The quantitative estimate of drug-likeness (QED) is 0.360. The molecule has 0 aromatic carbocycles.